The quantitative estimate of drug-likeness (QED) is 0.417. The van der Waals surface area contributed by atoms with E-state index in [0.717, 1.165) is 13.1 Å². The number of amides is 2. The van der Waals surface area contributed by atoms with E-state index in [1.165, 1.54) is 0 Å². The molecule has 0 aromatic rings. The van der Waals surface area contributed by atoms with Crippen molar-refractivity contribution < 1.29 is 4.79 Å². The SMILES string of the molecule is CNC(=O)N1CCN(C(C)C(=N)N)CC1. The molecule has 1 aliphatic heterocycles. The molecule has 6 heteroatoms. The summed E-state index contributed by atoms with van der Waals surface area (Å²) in [7, 11) is 1.63. The van der Waals surface area contributed by atoms with E-state index in [9.17, 15) is 4.79 Å². The number of hydrogen-bond acceptors (Lipinski definition) is 3. The molecule has 1 heterocycles. The summed E-state index contributed by atoms with van der Waals surface area (Å²) < 4.78 is 0. The van der Waals surface area contributed by atoms with Gasteiger partial charge in [0.2, 0.25) is 0 Å². The van der Waals surface area contributed by atoms with E-state index in [1.807, 2.05) is 6.92 Å². The van der Waals surface area contributed by atoms with Gasteiger partial charge in [0.05, 0.1) is 6.04 Å². The Kier molecular flexibility index (Phi) is 3.90. The number of nitrogens with zero attached hydrogens (tertiary/aromatic N) is 2. The van der Waals surface area contributed by atoms with Crippen molar-refractivity contribution in [2.24, 2.45) is 5.73 Å². The fourth-order valence-corrected chi connectivity index (χ4v) is 1.67. The zero-order chi connectivity index (χ0) is 11.4. The van der Waals surface area contributed by atoms with Crippen molar-refractivity contribution >= 4 is 11.9 Å². The smallest absolute Gasteiger partial charge is 0.317 e. The number of rotatable bonds is 2. The van der Waals surface area contributed by atoms with Gasteiger partial charge in [-0.05, 0) is 6.92 Å². The van der Waals surface area contributed by atoms with Crippen molar-refractivity contribution in [3.05, 3.63) is 0 Å². The third-order valence-electron chi connectivity index (χ3n) is 2.81. The molecule has 0 aliphatic carbocycles. The Bertz CT molecular complexity index is 247. The van der Waals surface area contributed by atoms with Crippen molar-refractivity contribution in [2.45, 2.75) is 13.0 Å². The van der Waals surface area contributed by atoms with Crippen LogP contribution in [0.1, 0.15) is 6.92 Å². The molecule has 0 saturated carbocycles. The predicted molar refractivity (Wildman–Crippen MR) is 59.0 cm³/mol. The normalized spacial score (nSPS) is 19.7. The first-order valence-electron chi connectivity index (χ1n) is 5.11. The molecule has 15 heavy (non-hydrogen) atoms. The number of piperazine rings is 1. The number of carbonyl (C=O) groups excluding carboxylic acids is 1. The molecule has 4 N–H and O–H groups in total. The molecule has 0 radical (unpaired) electrons. The summed E-state index contributed by atoms with van der Waals surface area (Å²) in [5.41, 5.74) is 5.44. The summed E-state index contributed by atoms with van der Waals surface area (Å²) in [6.07, 6.45) is 0. The van der Waals surface area contributed by atoms with Crippen LogP contribution in [0.4, 0.5) is 4.79 Å². The lowest BCUT2D eigenvalue weighted by Gasteiger charge is -2.37. The molecule has 1 fully saturated rings. The average molecular weight is 213 g/mol. The molecule has 86 valence electrons. The van der Waals surface area contributed by atoms with Gasteiger partial charge >= 0.3 is 6.03 Å². The van der Waals surface area contributed by atoms with Gasteiger partial charge in [0, 0.05) is 33.2 Å². The van der Waals surface area contributed by atoms with Gasteiger partial charge in [-0.2, -0.15) is 0 Å². The number of hydrogen-bond donors (Lipinski definition) is 3. The van der Waals surface area contributed by atoms with E-state index in [1.54, 1.807) is 11.9 Å². The minimum atomic E-state index is -0.0369. The van der Waals surface area contributed by atoms with Gasteiger partial charge in [-0.1, -0.05) is 0 Å². The summed E-state index contributed by atoms with van der Waals surface area (Å²) in [6, 6.07) is -0.0676. The fourth-order valence-electron chi connectivity index (χ4n) is 1.67. The van der Waals surface area contributed by atoms with Crippen LogP contribution in [-0.4, -0.2) is 60.9 Å². The molecule has 0 aromatic heterocycles. The highest BCUT2D eigenvalue weighted by Gasteiger charge is 2.24. The van der Waals surface area contributed by atoms with Gasteiger partial charge in [-0.25, -0.2) is 4.79 Å². The van der Waals surface area contributed by atoms with Crippen molar-refractivity contribution in [2.75, 3.05) is 33.2 Å². The number of nitrogens with one attached hydrogen (secondary N) is 2. The second-order valence-electron chi connectivity index (χ2n) is 3.71. The molecular formula is C9H19N5O. The van der Waals surface area contributed by atoms with Crippen molar-refractivity contribution in [3.8, 4) is 0 Å². The second-order valence-corrected chi connectivity index (χ2v) is 3.71. The Morgan fingerprint density at radius 2 is 1.93 bits per heavy atom. The van der Waals surface area contributed by atoms with E-state index in [0.29, 0.717) is 13.1 Å². The van der Waals surface area contributed by atoms with Crippen LogP contribution in [0.3, 0.4) is 0 Å². The molecule has 0 bridgehead atoms. The van der Waals surface area contributed by atoms with Crippen LogP contribution < -0.4 is 11.1 Å². The van der Waals surface area contributed by atoms with Gasteiger partial charge < -0.3 is 16.0 Å². The molecule has 1 unspecified atom stereocenters. The highest BCUT2D eigenvalue weighted by atomic mass is 16.2. The largest absolute Gasteiger partial charge is 0.386 e. The maximum atomic E-state index is 11.3. The number of urea groups is 1. The Labute approximate surface area is 89.9 Å². The molecule has 0 spiro atoms. The third-order valence-corrected chi connectivity index (χ3v) is 2.81. The first-order chi connectivity index (χ1) is 7.06. The molecule has 1 atom stereocenters. The molecule has 2 amide bonds. The van der Waals surface area contributed by atoms with Crippen LogP contribution >= 0.6 is 0 Å². The fraction of sp³-hybridized carbons (Fsp3) is 0.778. The summed E-state index contributed by atoms with van der Waals surface area (Å²) in [4.78, 5) is 15.2. The number of nitrogens with two attached hydrogens (primary N) is 1. The van der Waals surface area contributed by atoms with Crippen molar-refractivity contribution in [1.82, 2.24) is 15.1 Å². The molecule has 6 nitrogen and oxygen atoms in total. The minimum absolute atomic E-state index is 0.0307. The van der Waals surface area contributed by atoms with Crippen LogP contribution in [0.2, 0.25) is 0 Å². The highest BCUT2D eigenvalue weighted by Crippen LogP contribution is 2.05. The van der Waals surface area contributed by atoms with Crippen LogP contribution in [-0.2, 0) is 0 Å². The maximum absolute atomic E-state index is 11.3. The first-order valence-corrected chi connectivity index (χ1v) is 5.11. The van der Waals surface area contributed by atoms with E-state index < -0.39 is 0 Å². The molecule has 1 aliphatic rings. The molecular weight excluding hydrogens is 194 g/mol. The van der Waals surface area contributed by atoms with Gasteiger partial charge in [0.1, 0.15) is 5.84 Å². The zero-order valence-electron chi connectivity index (χ0n) is 9.29. The van der Waals surface area contributed by atoms with Gasteiger partial charge in [0.25, 0.3) is 0 Å². The molecule has 1 rings (SSSR count). The van der Waals surface area contributed by atoms with Gasteiger partial charge in [-0.3, -0.25) is 10.3 Å². The highest BCUT2D eigenvalue weighted by molar-refractivity contribution is 5.82. The Hall–Kier alpha value is -1.30. The van der Waals surface area contributed by atoms with Crippen LogP contribution in [0, 0.1) is 5.41 Å². The van der Waals surface area contributed by atoms with Gasteiger partial charge in [-0.15, -0.1) is 0 Å². The van der Waals surface area contributed by atoms with Crippen molar-refractivity contribution in [1.29, 1.82) is 5.41 Å². The summed E-state index contributed by atoms with van der Waals surface area (Å²) in [5.74, 6) is 0.184. The third kappa shape index (κ3) is 2.82. The van der Waals surface area contributed by atoms with Crippen LogP contribution in [0.15, 0.2) is 0 Å². The monoisotopic (exact) mass is 213 g/mol. The standard InChI is InChI=1S/C9H19N5O/c1-7(8(10)11)13-3-5-14(6-4-13)9(15)12-2/h7H,3-6H2,1-2H3,(H3,10,11)(H,12,15). The average Bonchev–Trinajstić information content (AvgIpc) is 2.27. The Morgan fingerprint density at radius 1 is 1.40 bits per heavy atom. The van der Waals surface area contributed by atoms with E-state index in [4.69, 9.17) is 11.1 Å². The summed E-state index contributed by atoms with van der Waals surface area (Å²) >= 11 is 0. The summed E-state index contributed by atoms with van der Waals surface area (Å²) in [5, 5.41) is 9.95. The van der Waals surface area contributed by atoms with E-state index >= 15 is 0 Å². The number of carbonyl (C=O) groups is 1. The Morgan fingerprint density at radius 3 is 2.33 bits per heavy atom. The van der Waals surface area contributed by atoms with E-state index in [-0.39, 0.29) is 17.9 Å². The lowest BCUT2D eigenvalue weighted by Crippen LogP contribution is -2.55. The lowest BCUT2D eigenvalue weighted by molar-refractivity contribution is 0.132. The van der Waals surface area contributed by atoms with E-state index in [2.05, 4.69) is 10.2 Å². The molecule has 0 aromatic carbocycles. The zero-order valence-corrected chi connectivity index (χ0v) is 9.29. The molecule has 1 saturated heterocycles. The lowest BCUT2D eigenvalue weighted by atomic mass is 10.2. The second kappa shape index (κ2) is 4.97. The topological polar surface area (TPSA) is 85.5 Å². The Balaban J connectivity index is 2.42. The van der Waals surface area contributed by atoms with Crippen molar-refractivity contribution in [3.63, 3.8) is 0 Å². The first kappa shape index (κ1) is 11.8. The predicted octanol–water partition coefficient (Wildman–Crippen LogP) is -0.732. The van der Waals surface area contributed by atoms with Crippen LogP contribution in [0.5, 0.6) is 0 Å². The van der Waals surface area contributed by atoms with Gasteiger partial charge in [0.15, 0.2) is 0 Å². The minimum Gasteiger partial charge on any atom is -0.386 e. The van der Waals surface area contributed by atoms with Crippen LogP contribution in [0.25, 0.3) is 0 Å². The number of amidine groups is 1. The summed E-state index contributed by atoms with van der Waals surface area (Å²) in [6.45, 7) is 4.84. The maximum Gasteiger partial charge on any atom is 0.317 e.